The van der Waals surface area contributed by atoms with Gasteiger partial charge in [-0.25, -0.2) is 9.18 Å². The number of phenolic OH excluding ortho intramolecular Hbond substituents is 3. The minimum Gasteiger partial charge on any atom is -0.508 e. The molecule has 13 heteroatoms. The van der Waals surface area contributed by atoms with Crippen molar-refractivity contribution in [3.63, 3.8) is 0 Å². The minimum atomic E-state index is -0.256. The van der Waals surface area contributed by atoms with Gasteiger partial charge in [0.1, 0.15) is 51.6 Å². The van der Waals surface area contributed by atoms with E-state index in [-0.39, 0.29) is 22.9 Å². The number of pyridine rings is 3. The van der Waals surface area contributed by atoms with E-state index in [9.17, 15) is 9.18 Å². The van der Waals surface area contributed by atoms with Crippen LogP contribution in [0.2, 0.25) is 0 Å². The first-order chi connectivity index (χ1) is 42.5. The third-order valence-electron chi connectivity index (χ3n) is 12.2. The molecule has 7 aromatic carbocycles. The molecule has 0 bridgehead atoms. The summed E-state index contributed by atoms with van der Waals surface area (Å²) in [6.07, 6.45) is 8.97. The van der Waals surface area contributed by atoms with E-state index in [0.717, 1.165) is 56.3 Å². The number of rotatable bonds is 4. The van der Waals surface area contributed by atoms with Crippen LogP contribution in [0.25, 0.3) is 11.0 Å². The lowest BCUT2D eigenvalue weighted by molar-refractivity contribution is 0.400. The average Bonchev–Trinajstić information content (AvgIpc) is 3.56. The smallest absolute Gasteiger partial charge is 0.339 e. The highest BCUT2D eigenvalue weighted by Gasteiger charge is 2.01. The molecule has 11 rings (SSSR count). The number of para-hydroxylation sites is 1. The standard InChI is InChI=1S/C10H8O2.C9H12O2.C9H12O.C8H9FO.C8H10.C7H8O2.C7H8O.3C6H7N/c1-7-6-8-4-2-3-5-9(8)12-10(7)11;1-7-6-8(10-2)4-5-9(7)11-3;1-7-4-5-8(2)9(6-7)10-3;1-6-5-7(9)3-4-8(6)10-2;1-7-3-5-8(2)6-4-7;1-5-2-3-6(8)4-7(5)9;1-6-3-2-4-7(8)5-6;1-6-2-4-7-5-3-6;1-6-3-2-4-7-5-6;1-6-4-2-3-5-7-6/h2-6H,1H3;4-6H,1-3H3;4-6H,1-3H3;3-5H,1-2H3;3-6H,1-2H3;2-4,8-9H,1H3;2-5,8H,1H3;3*2-5H,1H3. The van der Waals surface area contributed by atoms with Crippen molar-refractivity contribution in [1.29, 1.82) is 0 Å². The van der Waals surface area contributed by atoms with Crippen LogP contribution in [0.1, 0.15) is 66.9 Å². The fourth-order valence-corrected chi connectivity index (χ4v) is 7.10. The first-order valence-corrected chi connectivity index (χ1v) is 28.5. The Kier molecular flexibility index (Phi) is 35.8. The van der Waals surface area contributed by atoms with Gasteiger partial charge in [-0.15, -0.1) is 0 Å². The summed E-state index contributed by atoms with van der Waals surface area (Å²) in [4.78, 5) is 22.8. The van der Waals surface area contributed by atoms with Gasteiger partial charge in [-0.3, -0.25) is 15.0 Å². The van der Waals surface area contributed by atoms with Crippen molar-refractivity contribution in [2.75, 3.05) is 28.4 Å². The number of nitrogens with zero attached hydrogens (tertiary/aromatic N) is 3. The molecule has 0 fully saturated rings. The second kappa shape index (κ2) is 42.5. The summed E-state index contributed by atoms with van der Waals surface area (Å²) < 4.78 is 37.7. The fourth-order valence-electron chi connectivity index (χ4n) is 7.10. The molecule has 4 aromatic heterocycles. The maximum atomic E-state index is 12.4. The Labute approximate surface area is 526 Å². The highest BCUT2D eigenvalue weighted by molar-refractivity contribution is 5.76. The van der Waals surface area contributed by atoms with Crippen molar-refractivity contribution in [2.24, 2.45) is 0 Å². The molecular weight excluding hydrogens is 1120 g/mol. The van der Waals surface area contributed by atoms with E-state index in [1.807, 2.05) is 158 Å². The van der Waals surface area contributed by atoms with Crippen LogP contribution >= 0.6 is 0 Å². The molecule has 0 saturated heterocycles. The molecule has 0 saturated carbocycles. The van der Waals surface area contributed by atoms with Gasteiger partial charge in [0.15, 0.2) is 0 Å². The molecular formula is C76H88FN3O9. The molecule has 0 unspecified atom stereocenters. The number of aromatic nitrogens is 3. The number of hydrogen-bond acceptors (Lipinski definition) is 12. The van der Waals surface area contributed by atoms with E-state index in [1.54, 1.807) is 97.4 Å². The molecule has 89 heavy (non-hydrogen) atoms. The van der Waals surface area contributed by atoms with Gasteiger partial charge < -0.3 is 38.7 Å². The Morgan fingerprint density at radius 2 is 0.933 bits per heavy atom. The first-order valence-electron chi connectivity index (χ1n) is 28.5. The van der Waals surface area contributed by atoms with Gasteiger partial charge in [-0.05, 0) is 231 Å². The largest absolute Gasteiger partial charge is 0.508 e. The van der Waals surface area contributed by atoms with E-state index < -0.39 is 0 Å². The molecule has 11 aromatic rings. The van der Waals surface area contributed by atoms with Crippen molar-refractivity contribution in [1.82, 2.24) is 15.0 Å². The normalized spacial score (nSPS) is 9.36. The van der Waals surface area contributed by atoms with Crippen molar-refractivity contribution < 1.29 is 43.1 Å². The van der Waals surface area contributed by atoms with Crippen LogP contribution in [0, 0.1) is 88.9 Å². The summed E-state index contributed by atoms with van der Waals surface area (Å²) in [6.45, 7) is 23.6. The Balaban J connectivity index is 0.000000339. The van der Waals surface area contributed by atoms with Crippen LogP contribution in [0.3, 0.4) is 0 Å². The molecule has 0 spiro atoms. The zero-order valence-corrected chi connectivity index (χ0v) is 54.4. The van der Waals surface area contributed by atoms with E-state index in [4.69, 9.17) is 38.7 Å². The number of benzene rings is 7. The maximum absolute atomic E-state index is 12.4. The summed E-state index contributed by atoms with van der Waals surface area (Å²) >= 11 is 0. The van der Waals surface area contributed by atoms with Crippen LogP contribution in [0.4, 0.5) is 4.39 Å². The lowest BCUT2D eigenvalue weighted by Crippen LogP contribution is -2.01. The van der Waals surface area contributed by atoms with Crippen LogP contribution < -0.4 is 24.6 Å². The fraction of sp³-hybridized carbons (Fsp3) is 0.211. The SMILES string of the molecule is COc1cc(C)ccc1C.COc1ccc(F)cc1C.COc1ccc(OC)c(C)c1.Cc1cc2ccccc2oc1=O.Cc1ccc(C)cc1.Cc1ccc(O)cc1O.Cc1cccc(O)c1.Cc1ccccn1.Cc1cccnc1.Cc1ccncc1. The summed E-state index contributed by atoms with van der Waals surface area (Å²) in [5.74, 6) is 3.80. The van der Waals surface area contributed by atoms with Crippen LogP contribution in [-0.4, -0.2) is 58.7 Å². The number of fused-ring (bicyclic) bond motifs is 1. The number of ether oxygens (including phenoxy) is 4. The molecule has 12 nitrogen and oxygen atoms in total. The lowest BCUT2D eigenvalue weighted by Gasteiger charge is -2.05. The van der Waals surface area contributed by atoms with Crippen LogP contribution in [-0.2, 0) is 0 Å². The molecule has 0 amide bonds. The zero-order valence-electron chi connectivity index (χ0n) is 54.4. The van der Waals surface area contributed by atoms with Gasteiger partial charge in [0.25, 0.3) is 0 Å². The van der Waals surface area contributed by atoms with E-state index >= 15 is 0 Å². The molecule has 0 aliphatic carbocycles. The maximum Gasteiger partial charge on any atom is 0.339 e. The second-order valence-electron chi connectivity index (χ2n) is 20.2. The average molecular weight is 1210 g/mol. The second-order valence-corrected chi connectivity index (χ2v) is 20.2. The quantitative estimate of drug-likeness (QED) is 0.143. The van der Waals surface area contributed by atoms with Gasteiger partial charge in [0.2, 0.25) is 0 Å². The molecule has 0 atom stereocenters. The third-order valence-corrected chi connectivity index (χ3v) is 12.2. The van der Waals surface area contributed by atoms with Crippen molar-refractivity contribution in [3.8, 4) is 40.2 Å². The molecule has 3 N–H and O–H groups in total. The lowest BCUT2D eigenvalue weighted by atomic mass is 10.1. The molecule has 468 valence electrons. The molecule has 4 heterocycles. The number of aryl methyl sites for hydroxylation is 12. The molecule has 0 aliphatic rings. The third kappa shape index (κ3) is 32.7. The summed E-state index contributed by atoms with van der Waals surface area (Å²) in [7, 11) is 6.58. The Morgan fingerprint density at radius 3 is 1.37 bits per heavy atom. The van der Waals surface area contributed by atoms with E-state index in [2.05, 4.69) is 72.1 Å². The van der Waals surface area contributed by atoms with Crippen molar-refractivity contribution in [3.05, 3.63) is 308 Å². The first kappa shape index (κ1) is 74.8. The Bertz CT molecular complexity index is 3640. The van der Waals surface area contributed by atoms with Crippen molar-refractivity contribution in [2.45, 2.75) is 83.1 Å². The zero-order chi connectivity index (χ0) is 66.1. The number of methoxy groups -OCH3 is 4. The molecule has 0 aliphatic heterocycles. The van der Waals surface area contributed by atoms with Crippen LogP contribution in [0.15, 0.2) is 234 Å². The summed E-state index contributed by atoms with van der Waals surface area (Å²) in [5.41, 5.74) is 13.4. The topological polar surface area (TPSA) is 166 Å². The number of hydrogen-bond donors (Lipinski definition) is 3. The van der Waals surface area contributed by atoms with E-state index in [1.165, 1.54) is 57.6 Å². The number of phenols is 3. The predicted octanol–water partition coefficient (Wildman–Crippen LogP) is 18.1. The van der Waals surface area contributed by atoms with Gasteiger partial charge in [-0.1, -0.05) is 96.1 Å². The van der Waals surface area contributed by atoms with E-state index in [0.29, 0.717) is 16.9 Å². The van der Waals surface area contributed by atoms with Crippen molar-refractivity contribution >= 4 is 11.0 Å². The Hall–Kier alpha value is -10.3. The van der Waals surface area contributed by atoms with Gasteiger partial charge in [0.05, 0.1) is 28.4 Å². The minimum absolute atomic E-state index is 0.0955. The van der Waals surface area contributed by atoms with Gasteiger partial charge >= 0.3 is 5.63 Å². The Morgan fingerprint density at radius 1 is 0.382 bits per heavy atom. The summed E-state index contributed by atoms with van der Waals surface area (Å²) in [5, 5.41) is 27.5. The van der Waals surface area contributed by atoms with Gasteiger partial charge in [-0.2, -0.15) is 0 Å². The molecule has 0 radical (unpaired) electrons. The highest BCUT2D eigenvalue weighted by Crippen LogP contribution is 2.23. The van der Waals surface area contributed by atoms with Gasteiger partial charge in [0, 0.05) is 53.7 Å². The predicted molar refractivity (Wildman–Crippen MR) is 362 cm³/mol. The summed E-state index contributed by atoms with van der Waals surface area (Å²) in [6, 6.07) is 59.5. The highest BCUT2D eigenvalue weighted by atomic mass is 19.1. The van der Waals surface area contributed by atoms with Crippen LogP contribution in [0.5, 0.6) is 40.2 Å². The monoisotopic (exact) mass is 1210 g/mol. The number of halogens is 1. The number of aromatic hydroxyl groups is 3.